The fraction of sp³-hybridized carbons (Fsp3) is 0.176. The number of nitrogens with zero attached hydrogens (tertiary/aromatic N) is 3. The third-order valence-corrected chi connectivity index (χ3v) is 4.14. The molecular formula is C17H16BrN3O. The average molecular weight is 358 g/mol. The molecule has 2 aromatic heterocycles. The van der Waals surface area contributed by atoms with Gasteiger partial charge in [-0.25, -0.2) is 0 Å². The van der Waals surface area contributed by atoms with Gasteiger partial charge in [0.05, 0.1) is 19.3 Å². The maximum Gasteiger partial charge on any atom is 0.250 e. The van der Waals surface area contributed by atoms with E-state index in [1.54, 1.807) is 22.9 Å². The summed E-state index contributed by atoms with van der Waals surface area (Å²) in [7, 11) is 0. The van der Waals surface area contributed by atoms with Crippen LogP contribution in [0.3, 0.4) is 0 Å². The van der Waals surface area contributed by atoms with E-state index in [0.717, 1.165) is 22.3 Å². The molecule has 1 aromatic carbocycles. The lowest BCUT2D eigenvalue weighted by Gasteiger charge is -2.07. The summed E-state index contributed by atoms with van der Waals surface area (Å²) < 4.78 is 4.54. The Bertz CT molecular complexity index is 837. The van der Waals surface area contributed by atoms with Crippen molar-refractivity contribution in [3.8, 4) is 0 Å². The molecule has 0 atom stereocenters. The van der Waals surface area contributed by atoms with Gasteiger partial charge in [0.2, 0.25) is 0 Å². The number of hydrogen-bond acceptors (Lipinski definition) is 2. The second kappa shape index (κ2) is 6.32. The Morgan fingerprint density at radius 2 is 1.86 bits per heavy atom. The van der Waals surface area contributed by atoms with Crippen LogP contribution in [0.5, 0.6) is 0 Å². The summed E-state index contributed by atoms with van der Waals surface area (Å²) in [5.74, 6) is 0. The van der Waals surface area contributed by atoms with Crippen LogP contribution in [0.4, 0.5) is 0 Å². The molecule has 4 nitrogen and oxygen atoms in total. The molecule has 0 radical (unpaired) electrons. The summed E-state index contributed by atoms with van der Waals surface area (Å²) in [5, 5.41) is 4.45. The van der Waals surface area contributed by atoms with Crippen molar-refractivity contribution in [1.82, 2.24) is 14.3 Å². The Morgan fingerprint density at radius 3 is 2.64 bits per heavy atom. The van der Waals surface area contributed by atoms with Crippen molar-refractivity contribution in [1.29, 1.82) is 0 Å². The molecule has 0 N–H and O–H groups in total. The molecule has 0 saturated heterocycles. The molecule has 5 heteroatoms. The largest absolute Gasteiger partial charge is 0.310 e. The molecule has 0 amide bonds. The Kier molecular flexibility index (Phi) is 4.24. The summed E-state index contributed by atoms with van der Waals surface area (Å²) in [6.45, 7) is 3.30. The van der Waals surface area contributed by atoms with Crippen LogP contribution in [0.1, 0.15) is 16.8 Å². The zero-order valence-corrected chi connectivity index (χ0v) is 13.8. The molecule has 22 heavy (non-hydrogen) atoms. The third-order valence-electron chi connectivity index (χ3n) is 3.67. The quantitative estimate of drug-likeness (QED) is 0.719. The van der Waals surface area contributed by atoms with Gasteiger partial charge in [-0.3, -0.25) is 9.48 Å². The Hall–Kier alpha value is -2.14. The molecule has 0 aliphatic rings. The van der Waals surface area contributed by atoms with Crippen LogP contribution in [0, 0.1) is 6.92 Å². The van der Waals surface area contributed by atoms with Gasteiger partial charge in [0.25, 0.3) is 5.56 Å². The van der Waals surface area contributed by atoms with E-state index in [0.29, 0.717) is 6.54 Å². The summed E-state index contributed by atoms with van der Waals surface area (Å²) in [6.07, 6.45) is 3.64. The second-order valence-corrected chi connectivity index (χ2v) is 6.13. The normalized spacial score (nSPS) is 10.8. The summed E-state index contributed by atoms with van der Waals surface area (Å²) in [4.78, 5) is 11.9. The van der Waals surface area contributed by atoms with Crippen molar-refractivity contribution >= 4 is 15.9 Å². The van der Waals surface area contributed by atoms with E-state index in [4.69, 9.17) is 0 Å². The van der Waals surface area contributed by atoms with E-state index in [1.807, 2.05) is 36.0 Å². The monoisotopic (exact) mass is 357 g/mol. The zero-order valence-electron chi connectivity index (χ0n) is 12.2. The van der Waals surface area contributed by atoms with Crippen molar-refractivity contribution in [2.24, 2.45) is 0 Å². The van der Waals surface area contributed by atoms with Gasteiger partial charge in [0.15, 0.2) is 0 Å². The van der Waals surface area contributed by atoms with Gasteiger partial charge in [0.1, 0.15) is 0 Å². The molecule has 3 rings (SSSR count). The zero-order chi connectivity index (χ0) is 15.5. The Morgan fingerprint density at radius 1 is 1.09 bits per heavy atom. The van der Waals surface area contributed by atoms with Gasteiger partial charge in [0, 0.05) is 28.0 Å². The number of rotatable bonds is 4. The van der Waals surface area contributed by atoms with E-state index in [2.05, 4.69) is 33.2 Å². The molecular weight excluding hydrogens is 342 g/mol. The van der Waals surface area contributed by atoms with Crippen LogP contribution in [-0.2, 0) is 13.1 Å². The van der Waals surface area contributed by atoms with Crippen LogP contribution < -0.4 is 5.56 Å². The molecule has 0 spiro atoms. The maximum absolute atomic E-state index is 11.9. The number of benzene rings is 1. The first-order valence-electron chi connectivity index (χ1n) is 7.04. The number of halogens is 1. The highest BCUT2D eigenvalue weighted by molar-refractivity contribution is 9.10. The summed E-state index contributed by atoms with van der Waals surface area (Å²) in [5.41, 5.74) is 3.32. The highest BCUT2D eigenvalue weighted by atomic mass is 79.9. The molecule has 0 bridgehead atoms. The minimum atomic E-state index is -0.0154. The van der Waals surface area contributed by atoms with Crippen LogP contribution >= 0.6 is 15.9 Å². The van der Waals surface area contributed by atoms with Crippen molar-refractivity contribution in [2.75, 3.05) is 0 Å². The summed E-state index contributed by atoms with van der Waals surface area (Å²) in [6, 6.07) is 13.5. The topological polar surface area (TPSA) is 39.8 Å². The van der Waals surface area contributed by atoms with Crippen molar-refractivity contribution < 1.29 is 0 Å². The highest BCUT2D eigenvalue weighted by Gasteiger charge is 2.08. The van der Waals surface area contributed by atoms with Crippen LogP contribution in [-0.4, -0.2) is 14.3 Å². The fourth-order valence-corrected chi connectivity index (χ4v) is 2.74. The van der Waals surface area contributed by atoms with Crippen LogP contribution in [0.25, 0.3) is 0 Å². The molecule has 3 aromatic rings. The van der Waals surface area contributed by atoms with Gasteiger partial charge in [-0.05, 0) is 34.5 Å². The van der Waals surface area contributed by atoms with E-state index in [1.165, 1.54) is 5.56 Å². The van der Waals surface area contributed by atoms with Gasteiger partial charge in [-0.15, -0.1) is 0 Å². The molecule has 0 aliphatic carbocycles. The fourth-order valence-electron chi connectivity index (χ4n) is 2.37. The van der Waals surface area contributed by atoms with Gasteiger partial charge >= 0.3 is 0 Å². The predicted molar refractivity (Wildman–Crippen MR) is 90.0 cm³/mol. The van der Waals surface area contributed by atoms with E-state index in [-0.39, 0.29) is 5.56 Å². The van der Waals surface area contributed by atoms with Crippen LogP contribution in [0.2, 0.25) is 0 Å². The second-order valence-electron chi connectivity index (χ2n) is 5.21. The van der Waals surface area contributed by atoms with Crippen molar-refractivity contribution in [2.45, 2.75) is 20.0 Å². The molecule has 0 unspecified atom stereocenters. The lowest BCUT2D eigenvalue weighted by molar-refractivity contribution is 0.660. The Labute approximate surface area is 137 Å². The van der Waals surface area contributed by atoms with Gasteiger partial charge in [-0.1, -0.05) is 30.3 Å². The summed E-state index contributed by atoms with van der Waals surface area (Å²) >= 11 is 3.40. The first-order chi connectivity index (χ1) is 10.6. The van der Waals surface area contributed by atoms with E-state index >= 15 is 0 Å². The lowest BCUT2D eigenvalue weighted by atomic mass is 10.2. The standard InChI is InChI=1S/C17H16BrN3O/c1-13-15(11-20-12-16(18)7-8-17(20)22)9-19-21(13)10-14-5-3-2-4-6-14/h2-9,12H,10-11H2,1H3. The molecule has 0 aliphatic heterocycles. The maximum atomic E-state index is 11.9. The predicted octanol–water partition coefficient (Wildman–Crippen LogP) is 3.21. The lowest BCUT2D eigenvalue weighted by Crippen LogP contribution is -2.19. The number of aromatic nitrogens is 3. The van der Waals surface area contributed by atoms with Gasteiger partial charge in [-0.2, -0.15) is 5.10 Å². The van der Waals surface area contributed by atoms with E-state index < -0.39 is 0 Å². The van der Waals surface area contributed by atoms with Crippen molar-refractivity contribution in [3.63, 3.8) is 0 Å². The van der Waals surface area contributed by atoms with Crippen molar-refractivity contribution in [3.05, 3.63) is 86.5 Å². The first-order valence-corrected chi connectivity index (χ1v) is 7.84. The SMILES string of the molecule is Cc1c(Cn2cc(Br)ccc2=O)cnn1Cc1ccccc1. The molecule has 112 valence electrons. The molecule has 0 fully saturated rings. The molecule has 0 saturated carbocycles. The van der Waals surface area contributed by atoms with Crippen LogP contribution in [0.15, 0.2) is 64.1 Å². The highest BCUT2D eigenvalue weighted by Crippen LogP contribution is 2.12. The minimum Gasteiger partial charge on any atom is -0.310 e. The number of pyridine rings is 1. The smallest absolute Gasteiger partial charge is 0.250 e. The Balaban J connectivity index is 1.84. The first kappa shape index (κ1) is 14.8. The average Bonchev–Trinajstić information content (AvgIpc) is 2.85. The third kappa shape index (κ3) is 3.20. The minimum absolute atomic E-state index is 0.0154. The van der Waals surface area contributed by atoms with E-state index in [9.17, 15) is 4.79 Å². The van der Waals surface area contributed by atoms with Gasteiger partial charge < -0.3 is 4.57 Å². The number of hydrogen-bond donors (Lipinski definition) is 0. The molecule has 2 heterocycles.